The second kappa shape index (κ2) is 6.02. The molecule has 112 valence electrons. The molecular formula is C18H17FN2O. The quantitative estimate of drug-likeness (QED) is 0.757. The van der Waals surface area contributed by atoms with Crippen LogP contribution in [-0.2, 0) is 11.2 Å². The molecule has 0 spiro atoms. The molecule has 0 aliphatic carbocycles. The summed E-state index contributed by atoms with van der Waals surface area (Å²) in [5, 5.41) is 3.86. The minimum Gasteiger partial charge on any atom is -0.361 e. The highest BCUT2D eigenvalue weighted by atomic mass is 19.1. The van der Waals surface area contributed by atoms with Crippen LogP contribution >= 0.6 is 0 Å². The molecule has 0 bridgehead atoms. The lowest BCUT2D eigenvalue weighted by molar-refractivity contribution is -0.121. The molecule has 0 saturated carbocycles. The van der Waals surface area contributed by atoms with E-state index in [-0.39, 0.29) is 24.2 Å². The lowest BCUT2D eigenvalue weighted by Crippen LogP contribution is -2.28. The molecule has 0 fully saturated rings. The van der Waals surface area contributed by atoms with Crippen LogP contribution in [0.25, 0.3) is 10.9 Å². The third-order valence-corrected chi connectivity index (χ3v) is 3.76. The number of aromatic amines is 1. The van der Waals surface area contributed by atoms with E-state index in [0.29, 0.717) is 5.52 Å². The van der Waals surface area contributed by atoms with Crippen molar-refractivity contribution in [2.45, 2.75) is 19.4 Å². The van der Waals surface area contributed by atoms with Crippen LogP contribution in [0.3, 0.4) is 0 Å². The normalized spacial score (nSPS) is 12.3. The minimum absolute atomic E-state index is 0.0450. The van der Waals surface area contributed by atoms with Crippen molar-refractivity contribution in [3.05, 3.63) is 71.7 Å². The molecule has 1 heterocycles. The van der Waals surface area contributed by atoms with Crippen LogP contribution in [0.2, 0.25) is 0 Å². The molecule has 1 amide bonds. The summed E-state index contributed by atoms with van der Waals surface area (Å²) in [5.74, 6) is -0.343. The van der Waals surface area contributed by atoms with Crippen molar-refractivity contribution in [2.75, 3.05) is 0 Å². The fourth-order valence-electron chi connectivity index (χ4n) is 2.60. The number of nitrogens with one attached hydrogen (secondary N) is 2. The number of benzene rings is 2. The zero-order chi connectivity index (χ0) is 15.5. The maximum Gasteiger partial charge on any atom is 0.224 e. The first-order valence-corrected chi connectivity index (χ1v) is 7.23. The number of fused-ring (bicyclic) bond motifs is 1. The summed E-state index contributed by atoms with van der Waals surface area (Å²) in [7, 11) is 0. The van der Waals surface area contributed by atoms with Crippen molar-refractivity contribution in [3.63, 3.8) is 0 Å². The van der Waals surface area contributed by atoms with Crippen LogP contribution in [-0.4, -0.2) is 10.9 Å². The Hall–Kier alpha value is -2.62. The highest BCUT2D eigenvalue weighted by Gasteiger charge is 2.12. The predicted molar refractivity (Wildman–Crippen MR) is 85.0 cm³/mol. The van der Waals surface area contributed by atoms with Gasteiger partial charge in [-0.1, -0.05) is 30.3 Å². The number of H-pyrrole nitrogens is 1. The fourth-order valence-corrected chi connectivity index (χ4v) is 2.60. The summed E-state index contributed by atoms with van der Waals surface area (Å²) in [5.41, 5.74) is 2.64. The van der Waals surface area contributed by atoms with E-state index in [2.05, 4.69) is 10.3 Å². The summed E-state index contributed by atoms with van der Waals surface area (Å²) >= 11 is 0. The molecule has 0 aliphatic heterocycles. The molecule has 2 aromatic carbocycles. The lowest BCUT2D eigenvalue weighted by Gasteiger charge is -2.14. The zero-order valence-corrected chi connectivity index (χ0v) is 12.3. The SMILES string of the molecule is CC(NC(=O)Cc1c[nH]c2cc(F)ccc12)c1ccccc1. The molecule has 4 heteroatoms. The molecule has 3 aromatic rings. The summed E-state index contributed by atoms with van der Waals surface area (Å²) in [6.07, 6.45) is 2.03. The third-order valence-electron chi connectivity index (χ3n) is 3.76. The van der Waals surface area contributed by atoms with Gasteiger partial charge in [0.15, 0.2) is 0 Å². The van der Waals surface area contributed by atoms with Crippen LogP contribution in [0.1, 0.15) is 24.1 Å². The van der Waals surface area contributed by atoms with Gasteiger partial charge in [0.05, 0.1) is 12.5 Å². The first kappa shape index (κ1) is 14.3. The monoisotopic (exact) mass is 296 g/mol. The maximum atomic E-state index is 13.2. The maximum absolute atomic E-state index is 13.2. The first-order chi connectivity index (χ1) is 10.6. The van der Waals surface area contributed by atoms with Gasteiger partial charge in [-0.3, -0.25) is 4.79 Å². The molecule has 1 atom stereocenters. The number of hydrogen-bond donors (Lipinski definition) is 2. The van der Waals surface area contributed by atoms with Crippen LogP contribution in [0, 0.1) is 5.82 Å². The number of amides is 1. The van der Waals surface area contributed by atoms with E-state index in [1.54, 1.807) is 12.3 Å². The van der Waals surface area contributed by atoms with Gasteiger partial charge in [0, 0.05) is 17.1 Å². The molecule has 0 radical (unpaired) electrons. The predicted octanol–water partition coefficient (Wildman–Crippen LogP) is 3.73. The van der Waals surface area contributed by atoms with Gasteiger partial charge in [-0.2, -0.15) is 0 Å². The van der Waals surface area contributed by atoms with Crippen LogP contribution < -0.4 is 5.32 Å². The Labute approximate surface area is 128 Å². The number of rotatable bonds is 4. The van der Waals surface area contributed by atoms with E-state index in [1.807, 2.05) is 37.3 Å². The first-order valence-electron chi connectivity index (χ1n) is 7.23. The largest absolute Gasteiger partial charge is 0.361 e. The third kappa shape index (κ3) is 3.01. The number of aromatic nitrogens is 1. The topological polar surface area (TPSA) is 44.9 Å². The second-order valence-corrected chi connectivity index (χ2v) is 5.38. The standard InChI is InChI=1S/C18H17FN2O/c1-12(13-5-3-2-4-6-13)21-18(22)9-14-11-20-17-10-15(19)7-8-16(14)17/h2-8,10-12,20H,9H2,1H3,(H,21,22). The van der Waals surface area contributed by atoms with Crippen molar-refractivity contribution < 1.29 is 9.18 Å². The smallest absolute Gasteiger partial charge is 0.224 e. The van der Waals surface area contributed by atoms with E-state index in [0.717, 1.165) is 16.5 Å². The molecule has 3 nitrogen and oxygen atoms in total. The van der Waals surface area contributed by atoms with Gasteiger partial charge >= 0.3 is 0 Å². The average molecular weight is 296 g/mol. The molecule has 0 aliphatic rings. The summed E-state index contributed by atoms with van der Waals surface area (Å²) < 4.78 is 13.2. The van der Waals surface area contributed by atoms with Crippen LogP contribution in [0.15, 0.2) is 54.7 Å². The second-order valence-electron chi connectivity index (χ2n) is 5.38. The summed E-state index contributed by atoms with van der Waals surface area (Å²) in [4.78, 5) is 15.2. The summed E-state index contributed by atoms with van der Waals surface area (Å²) in [6.45, 7) is 1.96. The number of halogens is 1. The van der Waals surface area contributed by atoms with Crippen molar-refractivity contribution in [2.24, 2.45) is 0 Å². The molecule has 3 rings (SSSR count). The molecule has 0 saturated heterocycles. The fraction of sp³-hybridized carbons (Fsp3) is 0.167. The van der Waals surface area contributed by atoms with E-state index in [9.17, 15) is 9.18 Å². The highest BCUT2D eigenvalue weighted by Crippen LogP contribution is 2.20. The van der Waals surface area contributed by atoms with Gasteiger partial charge in [0.1, 0.15) is 5.82 Å². The molecule has 2 N–H and O–H groups in total. The van der Waals surface area contributed by atoms with Gasteiger partial charge in [-0.05, 0) is 36.2 Å². The van der Waals surface area contributed by atoms with Crippen molar-refractivity contribution in [3.8, 4) is 0 Å². The van der Waals surface area contributed by atoms with E-state index < -0.39 is 0 Å². The van der Waals surface area contributed by atoms with E-state index in [4.69, 9.17) is 0 Å². The zero-order valence-electron chi connectivity index (χ0n) is 12.3. The molecule has 1 aromatic heterocycles. The van der Waals surface area contributed by atoms with Gasteiger partial charge in [0.25, 0.3) is 0 Å². The highest BCUT2D eigenvalue weighted by molar-refractivity contribution is 5.89. The van der Waals surface area contributed by atoms with Crippen molar-refractivity contribution in [1.82, 2.24) is 10.3 Å². The lowest BCUT2D eigenvalue weighted by atomic mass is 10.1. The van der Waals surface area contributed by atoms with Gasteiger partial charge < -0.3 is 10.3 Å². The Balaban J connectivity index is 1.71. The average Bonchev–Trinajstić information content (AvgIpc) is 2.90. The number of hydrogen-bond acceptors (Lipinski definition) is 1. The minimum atomic E-state index is -0.289. The van der Waals surface area contributed by atoms with Crippen molar-refractivity contribution in [1.29, 1.82) is 0 Å². The Morgan fingerprint density at radius 1 is 1.23 bits per heavy atom. The number of carbonyl (C=O) groups excluding carboxylic acids is 1. The molecule has 22 heavy (non-hydrogen) atoms. The van der Waals surface area contributed by atoms with Crippen LogP contribution in [0.5, 0.6) is 0 Å². The van der Waals surface area contributed by atoms with Crippen LogP contribution in [0.4, 0.5) is 4.39 Å². The Kier molecular flexibility index (Phi) is 3.92. The Bertz CT molecular complexity index is 795. The van der Waals surface area contributed by atoms with Crippen molar-refractivity contribution >= 4 is 16.8 Å². The summed E-state index contributed by atoms with van der Waals surface area (Å²) in [6, 6.07) is 14.3. The van der Waals surface area contributed by atoms with Gasteiger partial charge in [0.2, 0.25) is 5.91 Å². The number of carbonyl (C=O) groups is 1. The Morgan fingerprint density at radius 3 is 2.77 bits per heavy atom. The molecule has 1 unspecified atom stereocenters. The molecular weight excluding hydrogens is 279 g/mol. The van der Waals surface area contributed by atoms with E-state index in [1.165, 1.54) is 12.1 Å². The van der Waals surface area contributed by atoms with E-state index >= 15 is 0 Å². The van der Waals surface area contributed by atoms with Gasteiger partial charge in [-0.15, -0.1) is 0 Å². The Morgan fingerprint density at radius 2 is 2.00 bits per heavy atom. The van der Waals surface area contributed by atoms with Gasteiger partial charge in [-0.25, -0.2) is 4.39 Å².